The van der Waals surface area contributed by atoms with Gasteiger partial charge in [0.1, 0.15) is 24.0 Å². The number of para-hydroxylation sites is 1. The number of benzene rings is 2. The molecule has 0 saturated carbocycles. The standard InChI is InChI=1S/C22H25N3O7/c1-31-22(28)19-7-2-3-8-20(19)32-15-18(26)14-23-9-11-24(12-10-23)21(27)16-5-4-6-17(13-16)25(29)30/h2-8,13,18,26H,9-12,14-15H2,1H3. The Morgan fingerprint density at radius 2 is 1.84 bits per heavy atom. The van der Waals surface area contributed by atoms with E-state index in [1.807, 2.05) is 4.90 Å². The first kappa shape index (κ1) is 23.2. The summed E-state index contributed by atoms with van der Waals surface area (Å²) in [6.07, 6.45) is -0.792. The molecule has 0 aromatic heterocycles. The number of carbonyl (C=O) groups excluding carboxylic acids is 2. The van der Waals surface area contributed by atoms with Gasteiger partial charge < -0.3 is 19.5 Å². The molecule has 3 rings (SSSR count). The number of hydrogen-bond donors (Lipinski definition) is 1. The number of hydrogen-bond acceptors (Lipinski definition) is 8. The van der Waals surface area contributed by atoms with Gasteiger partial charge in [0, 0.05) is 50.4 Å². The number of methoxy groups -OCH3 is 1. The van der Waals surface area contributed by atoms with E-state index in [-0.39, 0.29) is 29.3 Å². The lowest BCUT2D eigenvalue weighted by molar-refractivity contribution is -0.384. The van der Waals surface area contributed by atoms with Gasteiger partial charge in [-0.25, -0.2) is 4.79 Å². The maximum Gasteiger partial charge on any atom is 0.341 e. The van der Waals surface area contributed by atoms with E-state index >= 15 is 0 Å². The van der Waals surface area contributed by atoms with E-state index in [9.17, 15) is 24.8 Å². The van der Waals surface area contributed by atoms with Crippen molar-refractivity contribution in [2.24, 2.45) is 0 Å². The van der Waals surface area contributed by atoms with Gasteiger partial charge in [-0.3, -0.25) is 19.8 Å². The van der Waals surface area contributed by atoms with Crippen molar-refractivity contribution in [1.82, 2.24) is 9.80 Å². The number of esters is 1. The van der Waals surface area contributed by atoms with Gasteiger partial charge in [-0.1, -0.05) is 18.2 Å². The number of aliphatic hydroxyl groups excluding tert-OH is 1. The molecule has 1 N–H and O–H groups in total. The Labute approximate surface area is 185 Å². The van der Waals surface area contributed by atoms with Crippen LogP contribution in [0.3, 0.4) is 0 Å². The molecule has 1 fully saturated rings. The van der Waals surface area contributed by atoms with E-state index < -0.39 is 17.0 Å². The summed E-state index contributed by atoms with van der Waals surface area (Å²) in [5, 5.41) is 21.3. The average Bonchev–Trinajstić information content (AvgIpc) is 2.82. The van der Waals surface area contributed by atoms with Crippen LogP contribution in [-0.4, -0.2) is 84.3 Å². The Hall–Kier alpha value is -3.50. The van der Waals surface area contributed by atoms with Gasteiger partial charge in [0.2, 0.25) is 0 Å². The second-order valence-electron chi connectivity index (χ2n) is 7.35. The second kappa shape index (κ2) is 10.7. The van der Waals surface area contributed by atoms with E-state index in [0.29, 0.717) is 38.5 Å². The van der Waals surface area contributed by atoms with Crippen LogP contribution < -0.4 is 4.74 Å². The minimum absolute atomic E-state index is 0.000829. The Morgan fingerprint density at radius 1 is 1.12 bits per heavy atom. The van der Waals surface area contributed by atoms with Gasteiger partial charge >= 0.3 is 5.97 Å². The molecule has 0 radical (unpaired) electrons. The summed E-state index contributed by atoms with van der Waals surface area (Å²) in [6.45, 7) is 2.34. The first-order valence-electron chi connectivity index (χ1n) is 10.1. The van der Waals surface area contributed by atoms with Crippen LogP contribution >= 0.6 is 0 Å². The fourth-order valence-corrected chi connectivity index (χ4v) is 3.48. The maximum absolute atomic E-state index is 12.7. The van der Waals surface area contributed by atoms with Crippen molar-refractivity contribution >= 4 is 17.6 Å². The molecule has 0 aliphatic carbocycles. The number of nitrogens with zero attached hydrogens (tertiary/aromatic N) is 3. The number of nitro benzene ring substituents is 1. The minimum atomic E-state index is -0.792. The zero-order valence-corrected chi connectivity index (χ0v) is 17.7. The highest BCUT2D eigenvalue weighted by Gasteiger charge is 2.24. The molecule has 1 atom stereocenters. The number of piperazine rings is 1. The van der Waals surface area contributed by atoms with Gasteiger partial charge in [-0.05, 0) is 18.2 Å². The molecule has 1 amide bonds. The SMILES string of the molecule is COC(=O)c1ccccc1OCC(O)CN1CCN(C(=O)c2cccc([N+](=O)[O-])c2)CC1. The summed E-state index contributed by atoms with van der Waals surface area (Å²) >= 11 is 0. The molecule has 1 unspecified atom stereocenters. The third-order valence-electron chi connectivity index (χ3n) is 5.16. The van der Waals surface area contributed by atoms with Gasteiger partial charge in [0.15, 0.2) is 0 Å². The predicted molar refractivity (Wildman–Crippen MR) is 115 cm³/mol. The van der Waals surface area contributed by atoms with Crippen molar-refractivity contribution in [3.63, 3.8) is 0 Å². The van der Waals surface area contributed by atoms with Gasteiger partial charge in [-0.15, -0.1) is 0 Å². The zero-order chi connectivity index (χ0) is 23.1. The van der Waals surface area contributed by atoms with Gasteiger partial charge in [0.25, 0.3) is 11.6 Å². The largest absolute Gasteiger partial charge is 0.490 e. The van der Waals surface area contributed by atoms with E-state index in [1.54, 1.807) is 35.2 Å². The van der Waals surface area contributed by atoms with Crippen molar-refractivity contribution in [2.45, 2.75) is 6.10 Å². The summed E-state index contributed by atoms with van der Waals surface area (Å²) in [7, 11) is 1.29. The number of β-amino-alcohol motifs (C(OH)–C–C–N with tert-alkyl or cyclic N) is 1. The topological polar surface area (TPSA) is 122 Å². The second-order valence-corrected chi connectivity index (χ2v) is 7.35. The van der Waals surface area contributed by atoms with Crippen LogP contribution in [0, 0.1) is 10.1 Å². The van der Waals surface area contributed by atoms with E-state index in [1.165, 1.54) is 25.3 Å². The highest BCUT2D eigenvalue weighted by molar-refractivity contribution is 5.95. The zero-order valence-electron chi connectivity index (χ0n) is 17.7. The van der Waals surface area contributed by atoms with Crippen LogP contribution in [0.1, 0.15) is 20.7 Å². The molecule has 1 aliphatic heterocycles. The predicted octanol–water partition coefficient (Wildman–Crippen LogP) is 1.58. The average molecular weight is 443 g/mol. The molecule has 10 heteroatoms. The normalized spacial score (nSPS) is 15.1. The van der Waals surface area contributed by atoms with Gasteiger partial charge in [-0.2, -0.15) is 0 Å². The lowest BCUT2D eigenvalue weighted by atomic mass is 10.1. The molecule has 10 nitrogen and oxygen atoms in total. The molecular weight excluding hydrogens is 418 g/mol. The minimum Gasteiger partial charge on any atom is -0.490 e. The van der Waals surface area contributed by atoms with Crippen LogP contribution in [-0.2, 0) is 4.74 Å². The Kier molecular flexibility index (Phi) is 7.74. The molecule has 0 spiro atoms. The molecule has 1 aliphatic rings. The van der Waals surface area contributed by atoms with Crippen molar-refractivity contribution < 1.29 is 29.1 Å². The number of aliphatic hydroxyl groups is 1. The van der Waals surface area contributed by atoms with Crippen LogP contribution in [0.15, 0.2) is 48.5 Å². The fourth-order valence-electron chi connectivity index (χ4n) is 3.48. The smallest absolute Gasteiger partial charge is 0.341 e. The van der Waals surface area contributed by atoms with Gasteiger partial charge in [0.05, 0.1) is 12.0 Å². The Bertz CT molecular complexity index is 974. The third-order valence-corrected chi connectivity index (χ3v) is 5.16. The molecule has 1 heterocycles. The van der Waals surface area contributed by atoms with Crippen LogP contribution in [0.2, 0.25) is 0 Å². The summed E-state index contributed by atoms with van der Waals surface area (Å²) in [5.41, 5.74) is 0.451. The molecule has 32 heavy (non-hydrogen) atoms. The van der Waals surface area contributed by atoms with Crippen LogP contribution in [0.25, 0.3) is 0 Å². The number of nitro groups is 1. The molecule has 2 aromatic carbocycles. The van der Waals surface area contributed by atoms with E-state index in [2.05, 4.69) is 0 Å². The van der Waals surface area contributed by atoms with Crippen molar-refractivity contribution in [2.75, 3.05) is 46.4 Å². The van der Waals surface area contributed by atoms with Crippen LogP contribution in [0.4, 0.5) is 5.69 Å². The summed E-state index contributed by atoms with van der Waals surface area (Å²) in [5.74, 6) is -0.429. The molecule has 2 aromatic rings. The van der Waals surface area contributed by atoms with Crippen molar-refractivity contribution in [3.8, 4) is 5.75 Å². The third kappa shape index (κ3) is 5.80. The molecule has 170 valence electrons. The quantitative estimate of drug-likeness (QED) is 0.371. The number of ether oxygens (including phenoxy) is 2. The first-order valence-corrected chi connectivity index (χ1v) is 10.1. The molecule has 0 bridgehead atoms. The van der Waals surface area contributed by atoms with E-state index in [4.69, 9.17) is 9.47 Å². The molecule has 1 saturated heterocycles. The number of rotatable bonds is 8. The fraction of sp³-hybridized carbons (Fsp3) is 0.364. The van der Waals surface area contributed by atoms with E-state index in [0.717, 1.165) is 0 Å². The maximum atomic E-state index is 12.7. The highest BCUT2D eigenvalue weighted by Crippen LogP contribution is 2.19. The molecular formula is C22H25N3O7. The van der Waals surface area contributed by atoms with Crippen molar-refractivity contribution in [1.29, 1.82) is 0 Å². The lowest BCUT2D eigenvalue weighted by Crippen LogP contribution is -2.51. The number of carbonyl (C=O) groups is 2. The Balaban J connectivity index is 1.48. The number of amides is 1. The number of non-ortho nitro benzene ring substituents is 1. The first-order chi connectivity index (χ1) is 15.4. The van der Waals surface area contributed by atoms with Crippen molar-refractivity contribution in [3.05, 3.63) is 69.8 Å². The monoisotopic (exact) mass is 443 g/mol. The summed E-state index contributed by atoms with van der Waals surface area (Å²) < 4.78 is 10.3. The van der Waals surface area contributed by atoms with Crippen LogP contribution in [0.5, 0.6) is 5.75 Å². The lowest BCUT2D eigenvalue weighted by Gasteiger charge is -2.35. The summed E-state index contributed by atoms with van der Waals surface area (Å²) in [4.78, 5) is 38.5. The summed E-state index contributed by atoms with van der Waals surface area (Å²) in [6, 6.07) is 12.3. The Morgan fingerprint density at radius 3 is 2.53 bits per heavy atom. The highest BCUT2D eigenvalue weighted by atomic mass is 16.6.